The molecule has 2 aromatic heterocycles. The van der Waals surface area contributed by atoms with Crippen LogP contribution in [0.4, 0.5) is 5.82 Å². The van der Waals surface area contributed by atoms with E-state index < -0.39 is 0 Å². The van der Waals surface area contributed by atoms with Gasteiger partial charge in [0.1, 0.15) is 5.52 Å². The third-order valence-electron chi connectivity index (χ3n) is 2.98. The second kappa shape index (κ2) is 4.06. The summed E-state index contributed by atoms with van der Waals surface area (Å²) < 4.78 is 1.98. The van der Waals surface area contributed by atoms with Gasteiger partial charge < -0.3 is 10.3 Å². The second-order valence-electron chi connectivity index (χ2n) is 4.39. The number of hydrogen-bond acceptors (Lipinski definition) is 4. The van der Waals surface area contributed by atoms with Gasteiger partial charge in [-0.2, -0.15) is 0 Å². The van der Waals surface area contributed by atoms with Crippen LogP contribution >= 0.6 is 0 Å². The molecule has 0 fully saturated rings. The molecule has 2 N–H and O–H groups in total. The van der Waals surface area contributed by atoms with Gasteiger partial charge >= 0.3 is 0 Å². The van der Waals surface area contributed by atoms with Crippen LogP contribution in [0.2, 0.25) is 0 Å². The highest BCUT2D eigenvalue weighted by Crippen LogP contribution is 2.23. The van der Waals surface area contributed by atoms with Gasteiger partial charge in [0, 0.05) is 6.04 Å². The minimum Gasteiger partial charge on any atom is -0.382 e. The van der Waals surface area contributed by atoms with Crippen molar-refractivity contribution in [3.8, 4) is 12.3 Å². The Morgan fingerprint density at radius 2 is 2.06 bits per heavy atom. The summed E-state index contributed by atoms with van der Waals surface area (Å²) in [5, 5.41) is 0. The molecule has 0 unspecified atom stereocenters. The monoisotopic (exact) mass is 229 g/mol. The number of imidazole rings is 1. The summed E-state index contributed by atoms with van der Waals surface area (Å²) in [5.41, 5.74) is 7.11. The number of hydrogen-bond donors (Lipinski definition) is 1. The highest BCUT2D eigenvalue weighted by Gasteiger charge is 2.16. The van der Waals surface area contributed by atoms with Crippen LogP contribution in [0.3, 0.4) is 0 Å². The quantitative estimate of drug-likeness (QED) is 0.794. The van der Waals surface area contributed by atoms with Crippen molar-refractivity contribution in [1.82, 2.24) is 19.5 Å². The largest absolute Gasteiger partial charge is 0.382 e. The first kappa shape index (κ1) is 11.4. The molecular formula is C12H15N5. The van der Waals surface area contributed by atoms with Crippen LogP contribution < -0.4 is 5.73 Å². The number of rotatable bonds is 2. The van der Waals surface area contributed by atoms with Gasteiger partial charge in [-0.15, -0.1) is 6.42 Å². The standard InChI is InChI=1S/C12H15N5/c1-5-9-15-11(13)10-12(16-9)17(6-14-10)8(4)7(2)3/h1,6-8H,2-4H3,(H2,13,15,16)/t8-/m0/s1. The Hall–Kier alpha value is -2.09. The summed E-state index contributed by atoms with van der Waals surface area (Å²) in [6, 6.07) is 0.278. The molecule has 2 heterocycles. The van der Waals surface area contributed by atoms with E-state index in [0.717, 1.165) is 0 Å². The molecule has 0 saturated heterocycles. The average molecular weight is 229 g/mol. The minimum atomic E-state index is 0.278. The van der Waals surface area contributed by atoms with Crippen LogP contribution in [-0.4, -0.2) is 19.5 Å². The molecule has 5 nitrogen and oxygen atoms in total. The molecule has 0 aliphatic rings. The molecule has 2 aromatic rings. The van der Waals surface area contributed by atoms with Crippen LogP contribution in [-0.2, 0) is 0 Å². The number of anilines is 1. The number of nitrogens with zero attached hydrogens (tertiary/aromatic N) is 4. The molecule has 1 atom stereocenters. The topological polar surface area (TPSA) is 69.6 Å². The van der Waals surface area contributed by atoms with Gasteiger partial charge in [0.25, 0.3) is 0 Å². The lowest BCUT2D eigenvalue weighted by Crippen LogP contribution is -2.11. The highest BCUT2D eigenvalue weighted by molar-refractivity contribution is 5.82. The van der Waals surface area contributed by atoms with Gasteiger partial charge in [-0.25, -0.2) is 15.0 Å². The Morgan fingerprint density at radius 3 is 2.65 bits per heavy atom. The summed E-state index contributed by atoms with van der Waals surface area (Å²) in [5.74, 6) is 3.50. The Morgan fingerprint density at radius 1 is 1.35 bits per heavy atom. The van der Waals surface area contributed by atoms with E-state index in [1.165, 1.54) is 0 Å². The van der Waals surface area contributed by atoms with Gasteiger partial charge in [-0.05, 0) is 18.8 Å². The van der Waals surface area contributed by atoms with E-state index >= 15 is 0 Å². The van der Waals surface area contributed by atoms with E-state index in [2.05, 4.69) is 41.6 Å². The fourth-order valence-electron chi connectivity index (χ4n) is 1.62. The van der Waals surface area contributed by atoms with Crippen LogP contribution in [0.5, 0.6) is 0 Å². The number of fused-ring (bicyclic) bond motifs is 1. The predicted molar refractivity (Wildman–Crippen MR) is 67.2 cm³/mol. The van der Waals surface area contributed by atoms with E-state index in [0.29, 0.717) is 28.7 Å². The van der Waals surface area contributed by atoms with Crippen molar-refractivity contribution in [1.29, 1.82) is 0 Å². The first-order chi connectivity index (χ1) is 8.04. The molecule has 5 heteroatoms. The number of nitrogens with two attached hydrogens (primary N) is 1. The summed E-state index contributed by atoms with van der Waals surface area (Å²) >= 11 is 0. The average Bonchev–Trinajstić information content (AvgIpc) is 2.71. The maximum absolute atomic E-state index is 5.80. The smallest absolute Gasteiger partial charge is 0.208 e. The van der Waals surface area contributed by atoms with E-state index in [1.807, 2.05) is 4.57 Å². The van der Waals surface area contributed by atoms with E-state index in [1.54, 1.807) is 6.33 Å². The molecule has 0 bridgehead atoms. The van der Waals surface area contributed by atoms with Crippen molar-refractivity contribution in [3.63, 3.8) is 0 Å². The maximum atomic E-state index is 5.80. The molecule has 17 heavy (non-hydrogen) atoms. The summed E-state index contributed by atoms with van der Waals surface area (Å²) in [6.07, 6.45) is 7.04. The van der Waals surface area contributed by atoms with Crippen molar-refractivity contribution >= 4 is 17.0 Å². The number of terminal acetylenes is 1. The Kier molecular flexibility index (Phi) is 2.72. The molecule has 0 aliphatic heterocycles. The van der Waals surface area contributed by atoms with Gasteiger partial charge in [0.05, 0.1) is 6.33 Å². The fraction of sp³-hybridized carbons (Fsp3) is 0.417. The summed E-state index contributed by atoms with van der Waals surface area (Å²) in [6.45, 7) is 6.39. The molecule has 2 rings (SSSR count). The first-order valence-electron chi connectivity index (χ1n) is 5.51. The third kappa shape index (κ3) is 1.82. The summed E-state index contributed by atoms with van der Waals surface area (Å²) in [4.78, 5) is 12.5. The predicted octanol–water partition coefficient (Wildman–Crippen LogP) is 1.61. The van der Waals surface area contributed by atoms with Gasteiger partial charge in [-0.3, -0.25) is 0 Å². The molecule has 0 saturated carbocycles. The minimum absolute atomic E-state index is 0.278. The molecule has 0 radical (unpaired) electrons. The first-order valence-corrected chi connectivity index (χ1v) is 5.51. The van der Waals surface area contributed by atoms with Crippen molar-refractivity contribution < 1.29 is 0 Å². The van der Waals surface area contributed by atoms with Crippen LogP contribution in [0.1, 0.15) is 32.6 Å². The van der Waals surface area contributed by atoms with Gasteiger partial charge in [0.2, 0.25) is 5.82 Å². The zero-order valence-electron chi connectivity index (χ0n) is 10.2. The van der Waals surface area contributed by atoms with Crippen molar-refractivity contribution in [3.05, 3.63) is 12.2 Å². The van der Waals surface area contributed by atoms with Crippen LogP contribution in [0.25, 0.3) is 11.2 Å². The molecule has 88 valence electrons. The molecule has 0 aliphatic carbocycles. The van der Waals surface area contributed by atoms with Crippen LogP contribution in [0, 0.1) is 18.3 Å². The zero-order chi connectivity index (χ0) is 12.6. The Bertz CT molecular complexity index is 591. The second-order valence-corrected chi connectivity index (χ2v) is 4.39. The fourth-order valence-corrected chi connectivity index (χ4v) is 1.62. The lowest BCUT2D eigenvalue weighted by molar-refractivity contribution is 0.415. The Balaban J connectivity index is 2.67. The van der Waals surface area contributed by atoms with Crippen LogP contribution in [0.15, 0.2) is 6.33 Å². The van der Waals surface area contributed by atoms with Gasteiger partial charge in [0.15, 0.2) is 11.5 Å². The van der Waals surface area contributed by atoms with Gasteiger partial charge in [-0.1, -0.05) is 13.8 Å². The zero-order valence-corrected chi connectivity index (χ0v) is 10.2. The SMILES string of the molecule is C#Cc1nc(N)c2ncn([C@@H](C)C(C)C)c2n1. The van der Waals surface area contributed by atoms with E-state index in [4.69, 9.17) is 12.2 Å². The lowest BCUT2D eigenvalue weighted by atomic mass is 10.1. The molecule has 0 aromatic carbocycles. The number of aromatic nitrogens is 4. The number of nitrogen functional groups attached to an aromatic ring is 1. The lowest BCUT2D eigenvalue weighted by Gasteiger charge is -2.17. The molecule has 0 amide bonds. The molecule has 0 spiro atoms. The van der Waals surface area contributed by atoms with E-state index in [-0.39, 0.29) is 6.04 Å². The molecular weight excluding hydrogens is 214 g/mol. The maximum Gasteiger partial charge on any atom is 0.208 e. The third-order valence-corrected chi connectivity index (χ3v) is 2.98. The van der Waals surface area contributed by atoms with Crippen molar-refractivity contribution in [2.45, 2.75) is 26.8 Å². The van der Waals surface area contributed by atoms with Crippen molar-refractivity contribution in [2.24, 2.45) is 5.92 Å². The Labute approximate surface area is 100 Å². The normalized spacial score (nSPS) is 12.9. The highest BCUT2D eigenvalue weighted by atomic mass is 15.2. The van der Waals surface area contributed by atoms with Crippen molar-refractivity contribution in [2.75, 3.05) is 5.73 Å². The summed E-state index contributed by atoms with van der Waals surface area (Å²) in [7, 11) is 0. The van der Waals surface area contributed by atoms with E-state index in [9.17, 15) is 0 Å².